The van der Waals surface area contributed by atoms with E-state index in [1.807, 2.05) is 24.3 Å². The normalized spacial score (nSPS) is 11.8. The molecule has 9 aromatic rings. The summed E-state index contributed by atoms with van der Waals surface area (Å²) in [5.74, 6) is 0. The van der Waals surface area contributed by atoms with Gasteiger partial charge in [-0.25, -0.2) is 0 Å². The van der Waals surface area contributed by atoms with E-state index in [9.17, 15) is 10.5 Å². The van der Waals surface area contributed by atoms with E-state index in [0.29, 0.717) is 11.1 Å². The fraction of sp³-hybridized carbons (Fsp3) is 0. The number of hydrogen-bond donors (Lipinski definition) is 0. The minimum atomic E-state index is 0.641. The number of fused-ring (bicyclic) bond motifs is 7. The molecule has 2 nitrogen and oxygen atoms in total. The highest BCUT2D eigenvalue weighted by molar-refractivity contribution is 6.29. The van der Waals surface area contributed by atoms with Gasteiger partial charge in [-0.1, -0.05) is 133 Å². The van der Waals surface area contributed by atoms with Gasteiger partial charge in [0.05, 0.1) is 23.3 Å². The van der Waals surface area contributed by atoms with Crippen molar-refractivity contribution in [3.8, 4) is 90.0 Å². The Morgan fingerprint density at radius 2 is 0.635 bits per heavy atom. The minimum absolute atomic E-state index is 0.641. The smallest absolute Gasteiger partial charge is 0.0991 e. The number of nitrogens with zero attached hydrogens (tertiary/aromatic N) is 2. The average molecular weight is 655 g/mol. The molecule has 0 heterocycles. The molecule has 2 aliphatic rings. The molecular weight excluding hydrogens is 629 g/mol. The quantitative estimate of drug-likeness (QED) is 0.190. The van der Waals surface area contributed by atoms with Crippen molar-refractivity contribution in [2.24, 2.45) is 0 Å². The summed E-state index contributed by atoms with van der Waals surface area (Å²) in [4.78, 5) is 0. The first-order valence-electron chi connectivity index (χ1n) is 17.6. The van der Waals surface area contributed by atoms with Gasteiger partial charge in [-0.15, -0.1) is 0 Å². The van der Waals surface area contributed by atoms with Gasteiger partial charge in [0, 0.05) is 0 Å². The molecule has 0 fully saturated rings. The zero-order valence-electron chi connectivity index (χ0n) is 27.9. The van der Waals surface area contributed by atoms with Crippen LogP contribution in [-0.4, -0.2) is 0 Å². The molecule has 0 N–H and O–H groups in total. The van der Waals surface area contributed by atoms with Gasteiger partial charge >= 0.3 is 0 Å². The minimum Gasteiger partial charge on any atom is -0.192 e. The van der Waals surface area contributed by atoms with Crippen molar-refractivity contribution in [3.05, 3.63) is 169 Å². The molecule has 11 rings (SSSR count). The molecule has 9 aromatic carbocycles. The van der Waals surface area contributed by atoms with Gasteiger partial charge in [0.1, 0.15) is 0 Å². The maximum atomic E-state index is 9.64. The fourth-order valence-electron chi connectivity index (χ4n) is 9.10. The van der Waals surface area contributed by atoms with E-state index in [1.165, 1.54) is 88.3 Å². The second-order valence-corrected chi connectivity index (χ2v) is 13.7. The Labute approximate surface area is 300 Å². The van der Waals surface area contributed by atoms with Gasteiger partial charge in [-0.2, -0.15) is 10.5 Å². The third-order valence-corrected chi connectivity index (χ3v) is 11.2. The molecule has 0 aliphatic heterocycles. The molecule has 0 radical (unpaired) electrons. The van der Waals surface area contributed by atoms with Crippen LogP contribution in [-0.2, 0) is 0 Å². The predicted octanol–water partition coefficient (Wildman–Crippen LogP) is 13.2. The van der Waals surface area contributed by atoms with Crippen LogP contribution in [0.2, 0.25) is 0 Å². The topological polar surface area (TPSA) is 47.6 Å². The molecule has 0 amide bonds. The van der Waals surface area contributed by atoms with Gasteiger partial charge in [-0.3, -0.25) is 0 Å². The first kappa shape index (κ1) is 28.6. The van der Waals surface area contributed by atoms with Gasteiger partial charge < -0.3 is 0 Å². The van der Waals surface area contributed by atoms with E-state index < -0.39 is 0 Å². The summed E-state index contributed by atoms with van der Waals surface area (Å²) in [7, 11) is 0. The highest BCUT2D eigenvalue weighted by atomic mass is 14.3. The number of rotatable bonds is 3. The lowest BCUT2D eigenvalue weighted by Gasteiger charge is -2.20. The van der Waals surface area contributed by atoms with Crippen molar-refractivity contribution in [2.75, 3.05) is 0 Å². The van der Waals surface area contributed by atoms with E-state index in [4.69, 9.17) is 0 Å². The van der Waals surface area contributed by atoms with Crippen LogP contribution < -0.4 is 0 Å². The zero-order valence-corrected chi connectivity index (χ0v) is 27.9. The molecule has 0 saturated heterocycles. The summed E-state index contributed by atoms with van der Waals surface area (Å²) in [6, 6.07) is 60.7. The monoisotopic (exact) mass is 654 g/mol. The van der Waals surface area contributed by atoms with E-state index in [0.717, 1.165) is 21.9 Å². The molecule has 52 heavy (non-hydrogen) atoms. The predicted molar refractivity (Wildman–Crippen MR) is 214 cm³/mol. The van der Waals surface area contributed by atoms with Gasteiger partial charge in [-0.05, 0) is 134 Å². The van der Waals surface area contributed by atoms with Crippen molar-refractivity contribution >= 4 is 32.3 Å². The third-order valence-electron chi connectivity index (χ3n) is 11.2. The van der Waals surface area contributed by atoms with E-state index in [-0.39, 0.29) is 0 Å². The molecule has 0 saturated carbocycles. The van der Waals surface area contributed by atoms with Crippen molar-refractivity contribution in [3.63, 3.8) is 0 Å². The Bertz CT molecular complexity index is 2980. The molecule has 0 unspecified atom stereocenters. The lowest BCUT2D eigenvalue weighted by molar-refractivity contribution is 1.48. The van der Waals surface area contributed by atoms with Gasteiger partial charge in [0.2, 0.25) is 0 Å². The third kappa shape index (κ3) is 3.76. The lowest BCUT2D eigenvalue weighted by Crippen LogP contribution is -1.94. The molecule has 0 atom stereocenters. The molecule has 2 heteroatoms. The summed E-state index contributed by atoms with van der Waals surface area (Å²) in [5.41, 5.74) is 18.3. The standard InChI is InChI=1S/C50H26N2/c51-27-29-15-19-31(20-16-29)45-40-9-3-4-10-41(40)46(32-21-17-30(28-52)18-22-32)50-44-26-24-36(39-13-6-14-43(48(39)44)49(45)50)35-23-25-42-34-8-2-1-7-33(34)37-11-5-12-38(35)47(37)42/h1-26H. The number of nitriles is 2. The highest BCUT2D eigenvalue weighted by Crippen LogP contribution is 2.59. The van der Waals surface area contributed by atoms with Gasteiger partial charge in [0.25, 0.3) is 0 Å². The fourth-order valence-corrected chi connectivity index (χ4v) is 9.10. The Balaban J connectivity index is 1.24. The van der Waals surface area contributed by atoms with Crippen LogP contribution in [0, 0.1) is 22.7 Å². The largest absolute Gasteiger partial charge is 0.192 e. The van der Waals surface area contributed by atoms with E-state index in [2.05, 4.69) is 146 Å². The SMILES string of the molecule is N#Cc1ccc(-c2c3c(c(-c4ccc(C#N)cc4)c4ccccc24)-c2ccc(-c4ccc5c6c(cccc46)-c4ccccc4-5)c4cccc-3c24)cc1. The second kappa shape index (κ2) is 10.6. The molecule has 0 aromatic heterocycles. The summed E-state index contributed by atoms with van der Waals surface area (Å²) < 4.78 is 0. The van der Waals surface area contributed by atoms with Crippen LogP contribution in [0.5, 0.6) is 0 Å². The Kier molecular flexibility index (Phi) is 5.83. The van der Waals surface area contributed by atoms with E-state index in [1.54, 1.807) is 0 Å². The Morgan fingerprint density at radius 1 is 0.269 bits per heavy atom. The van der Waals surface area contributed by atoms with Crippen LogP contribution in [0.4, 0.5) is 0 Å². The van der Waals surface area contributed by atoms with Crippen molar-refractivity contribution in [1.29, 1.82) is 10.5 Å². The molecule has 236 valence electrons. The maximum Gasteiger partial charge on any atom is 0.0991 e. The van der Waals surface area contributed by atoms with Crippen molar-refractivity contribution in [2.45, 2.75) is 0 Å². The second-order valence-electron chi connectivity index (χ2n) is 13.7. The molecular formula is C50H26N2. The number of benzene rings is 9. The number of hydrogen-bond acceptors (Lipinski definition) is 2. The summed E-state index contributed by atoms with van der Waals surface area (Å²) in [5, 5.41) is 26.7. The zero-order chi connectivity index (χ0) is 34.5. The van der Waals surface area contributed by atoms with Crippen LogP contribution >= 0.6 is 0 Å². The highest BCUT2D eigenvalue weighted by Gasteiger charge is 2.32. The Hall–Kier alpha value is -7.26. The van der Waals surface area contributed by atoms with Crippen LogP contribution in [0.1, 0.15) is 11.1 Å². The lowest BCUT2D eigenvalue weighted by atomic mass is 9.82. The molecule has 2 aliphatic carbocycles. The van der Waals surface area contributed by atoms with Crippen molar-refractivity contribution in [1.82, 2.24) is 0 Å². The first-order valence-corrected chi connectivity index (χ1v) is 17.6. The summed E-state index contributed by atoms with van der Waals surface area (Å²) >= 11 is 0. The Morgan fingerprint density at radius 3 is 1.15 bits per heavy atom. The average Bonchev–Trinajstić information content (AvgIpc) is 3.72. The van der Waals surface area contributed by atoms with Crippen LogP contribution in [0.15, 0.2) is 158 Å². The summed E-state index contributed by atoms with van der Waals surface area (Å²) in [6.07, 6.45) is 0. The summed E-state index contributed by atoms with van der Waals surface area (Å²) in [6.45, 7) is 0. The van der Waals surface area contributed by atoms with Crippen molar-refractivity contribution < 1.29 is 0 Å². The van der Waals surface area contributed by atoms with E-state index >= 15 is 0 Å². The van der Waals surface area contributed by atoms with Crippen LogP contribution in [0.3, 0.4) is 0 Å². The van der Waals surface area contributed by atoms with Crippen LogP contribution in [0.25, 0.3) is 110 Å². The molecule has 0 spiro atoms. The first-order chi connectivity index (χ1) is 25.7. The van der Waals surface area contributed by atoms with Gasteiger partial charge in [0.15, 0.2) is 0 Å². The maximum absolute atomic E-state index is 9.64. The molecule has 0 bridgehead atoms.